The second-order valence-corrected chi connectivity index (χ2v) is 5.29. The highest BCUT2D eigenvalue weighted by Crippen LogP contribution is 2.10. The summed E-state index contributed by atoms with van der Waals surface area (Å²) in [5, 5.41) is 5.36. The van der Waals surface area contributed by atoms with Gasteiger partial charge >= 0.3 is 11.8 Å². The summed E-state index contributed by atoms with van der Waals surface area (Å²) in [4.78, 5) is 23.4. The number of hydrogen-bond acceptors (Lipinski definition) is 2. The Balaban J connectivity index is 2.29. The molecule has 0 aliphatic rings. The molecule has 0 spiro atoms. The molecule has 0 saturated carbocycles. The highest BCUT2D eigenvalue weighted by Gasteiger charge is 2.14. The summed E-state index contributed by atoms with van der Waals surface area (Å²) >= 11 is 0. The Hall–Kier alpha value is -1.84. The van der Waals surface area contributed by atoms with Crippen LogP contribution in [0.3, 0.4) is 0 Å². The van der Waals surface area contributed by atoms with Crippen molar-refractivity contribution >= 4 is 11.8 Å². The predicted molar refractivity (Wildman–Crippen MR) is 84.6 cm³/mol. The fourth-order valence-corrected chi connectivity index (χ4v) is 2.12. The van der Waals surface area contributed by atoms with Gasteiger partial charge < -0.3 is 10.6 Å². The number of amides is 2. The molecule has 1 unspecified atom stereocenters. The van der Waals surface area contributed by atoms with E-state index in [2.05, 4.69) is 24.5 Å². The zero-order valence-corrected chi connectivity index (χ0v) is 13.0. The lowest BCUT2D eigenvalue weighted by Gasteiger charge is -2.15. The molecule has 4 nitrogen and oxygen atoms in total. The highest BCUT2D eigenvalue weighted by atomic mass is 16.2. The third-order valence-corrected chi connectivity index (χ3v) is 3.60. The van der Waals surface area contributed by atoms with Gasteiger partial charge in [-0.15, -0.1) is 0 Å². The number of carbonyl (C=O) groups excluding carboxylic acids is 2. The van der Waals surface area contributed by atoms with Crippen LogP contribution in [0.4, 0.5) is 0 Å². The predicted octanol–water partition coefficient (Wildman–Crippen LogP) is 2.64. The second kappa shape index (κ2) is 9.97. The lowest BCUT2D eigenvalue weighted by atomic mass is 9.99. The molecule has 0 aliphatic carbocycles. The normalized spacial score (nSPS) is 11.7. The maximum atomic E-state index is 11.7. The molecule has 1 rings (SSSR count). The van der Waals surface area contributed by atoms with E-state index in [1.165, 1.54) is 0 Å². The van der Waals surface area contributed by atoms with Crippen molar-refractivity contribution < 1.29 is 9.59 Å². The molecule has 0 fully saturated rings. The fourth-order valence-electron chi connectivity index (χ4n) is 2.12. The first-order valence-corrected chi connectivity index (χ1v) is 7.77. The summed E-state index contributed by atoms with van der Waals surface area (Å²) in [7, 11) is 0. The lowest BCUT2D eigenvalue weighted by Crippen LogP contribution is -2.41. The smallest absolute Gasteiger partial charge is 0.309 e. The lowest BCUT2D eigenvalue weighted by molar-refractivity contribution is -0.139. The quantitative estimate of drug-likeness (QED) is 0.723. The van der Waals surface area contributed by atoms with Gasteiger partial charge in [-0.25, -0.2) is 0 Å². The molecule has 0 bridgehead atoms. The average molecular weight is 290 g/mol. The van der Waals surface area contributed by atoms with E-state index in [9.17, 15) is 9.59 Å². The van der Waals surface area contributed by atoms with Crippen LogP contribution in [0.2, 0.25) is 0 Å². The molecule has 116 valence electrons. The van der Waals surface area contributed by atoms with Gasteiger partial charge in [0.05, 0.1) is 0 Å². The molecule has 4 heteroatoms. The van der Waals surface area contributed by atoms with E-state index in [1.54, 1.807) is 0 Å². The van der Waals surface area contributed by atoms with Gasteiger partial charge in [0.25, 0.3) is 0 Å². The van der Waals surface area contributed by atoms with Gasteiger partial charge in [0, 0.05) is 13.1 Å². The molecule has 0 aromatic heterocycles. The third-order valence-electron chi connectivity index (χ3n) is 3.60. The van der Waals surface area contributed by atoms with Gasteiger partial charge in [0.1, 0.15) is 0 Å². The topological polar surface area (TPSA) is 58.2 Å². The molecule has 1 aromatic rings. The van der Waals surface area contributed by atoms with Crippen molar-refractivity contribution in [1.29, 1.82) is 0 Å². The fraction of sp³-hybridized carbons (Fsp3) is 0.529. The first-order chi connectivity index (χ1) is 10.2. The number of nitrogens with one attached hydrogen (secondary N) is 2. The molecule has 1 atom stereocenters. The summed E-state index contributed by atoms with van der Waals surface area (Å²) in [6, 6.07) is 9.55. The summed E-state index contributed by atoms with van der Waals surface area (Å²) in [6.07, 6.45) is 4.43. The van der Waals surface area contributed by atoms with Crippen molar-refractivity contribution in [1.82, 2.24) is 10.6 Å². The van der Waals surface area contributed by atoms with Gasteiger partial charge in [-0.3, -0.25) is 9.59 Å². The van der Waals surface area contributed by atoms with E-state index in [-0.39, 0.29) is 0 Å². The van der Waals surface area contributed by atoms with E-state index in [0.29, 0.717) is 19.0 Å². The van der Waals surface area contributed by atoms with Crippen LogP contribution in [0.1, 0.15) is 45.1 Å². The molecule has 1 aromatic carbocycles. The maximum absolute atomic E-state index is 11.7. The SMILES string of the molecule is CCCCC(CC)CNC(=O)C(=O)NCc1ccccc1. The van der Waals surface area contributed by atoms with Crippen LogP contribution in [-0.2, 0) is 16.1 Å². The Morgan fingerprint density at radius 1 is 1.05 bits per heavy atom. The minimum atomic E-state index is -0.566. The highest BCUT2D eigenvalue weighted by molar-refractivity contribution is 6.35. The first kappa shape index (κ1) is 17.2. The van der Waals surface area contributed by atoms with E-state index in [1.807, 2.05) is 30.3 Å². The largest absolute Gasteiger partial charge is 0.348 e. The number of benzene rings is 1. The van der Waals surface area contributed by atoms with Gasteiger partial charge in [0.15, 0.2) is 0 Å². The Morgan fingerprint density at radius 3 is 2.33 bits per heavy atom. The zero-order valence-electron chi connectivity index (χ0n) is 13.0. The molecule has 2 amide bonds. The number of rotatable bonds is 8. The van der Waals surface area contributed by atoms with Crippen LogP contribution in [-0.4, -0.2) is 18.4 Å². The number of unbranched alkanes of at least 4 members (excludes halogenated alkanes) is 1. The minimum absolute atomic E-state index is 0.375. The van der Waals surface area contributed by atoms with E-state index >= 15 is 0 Å². The van der Waals surface area contributed by atoms with Crippen molar-refractivity contribution in [3.8, 4) is 0 Å². The molecule has 2 N–H and O–H groups in total. The van der Waals surface area contributed by atoms with Crippen molar-refractivity contribution in [3.05, 3.63) is 35.9 Å². The monoisotopic (exact) mass is 290 g/mol. The molecule has 0 heterocycles. The Morgan fingerprint density at radius 2 is 1.71 bits per heavy atom. The molecule has 0 radical (unpaired) electrons. The van der Waals surface area contributed by atoms with Gasteiger partial charge in [-0.1, -0.05) is 63.4 Å². The van der Waals surface area contributed by atoms with Crippen molar-refractivity contribution in [3.63, 3.8) is 0 Å². The Bertz CT molecular complexity index is 432. The van der Waals surface area contributed by atoms with Crippen LogP contribution in [0.25, 0.3) is 0 Å². The molecular weight excluding hydrogens is 264 g/mol. The van der Waals surface area contributed by atoms with E-state index in [0.717, 1.165) is 31.2 Å². The van der Waals surface area contributed by atoms with Gasteiger partial charge in [-0.05, 0) is 17.9 Å². The second-order valence-electron chi connectivity index (χ2n) is 5.29. The minimum Gasteiger partial charge on any atom is -0.348 e. The van der Waals surface area contributed by atoms with Crippen LogP contribution in [0.5, 0.6) is 0 Å². The van der Waals surface area contributed by atoms with Crippen LogP contribution in [0, 0.1) is 5.92 Å². The molecule has 0 aliphatic heterocycles. The summed E-state index contributed by atoms with van der Waals surface area (Å²) in [5.74, 6) is -0.652. The van der Waals surface area contributed by atoms with Crippen LogP contribution in [0.15, 0.2) is 30.3 Å². The average Bonchev–Trinajstić information content (AvgIpc) is 2.53. The molecule has 21 heavy (non-hydrogen) atoms. The summed E-state index contributed by atoms with van der Waals surface area (Å²) < 4.78 is 0. The van der Waals surface area contributed by atoms with Crippen LogP contribution < -0.4 is 10.6 Å². The number of hydrogen-bond donors (Lipinski definition) is 2. The Kier molecular flexibility index (Phi) is 8.17. The van der Waals surface area contributed by atoms with Crippen LogP contribution >= 0.6 is 0 Å². The van der Waals surface area contributed by atoms with Gasteiger partial charge in [-0.2, -0.15) is 0 Å². The van der Waals surface area contributed by atoms with Gasteiger partial charge in [0.2, 0.25) is 0 Å². The third kappa shape index (κ3) is 6.93. The van der Waals surface area contributed by atoms with E-state index < -0.39 is 11.8 Å². The van der Waals surface area contributed by atoms with Crippen molar-refractivity contribution in [2.75, 3.05) is 6.54 Å². The standard InChI is InChI=1S/C17H26N2O2/c1-3-5-9-14(4-2)12-18-16(20)17(21)19-13-15-10-7-6-8-11-15/h6-8,10-11,14H,3-5,9,12-13H2,1-2H3,(H,18,20)(H,19,21). The first-order valence-electron chi connectivity index (χ1n) is 7.77. The van der Waals surface area contributed by atoms with E-state index in [4.69, 9.17) is 0 Å². The van der Waals surface area contributed by atoms with Crippen molar-refractivity contribution in [2.24, 2.45) is 5.92 Å². The maximum Gasteiger partial charge on any atom is 0.309 e. The number of carbonyl (C=O) groups is 2. The molecule has 0 saturated heterocycles. The summed E-state index contributed by atoms with van der Waals surface area (Å²) in [5.41, 5.74) is 0.980. The Labute approximate surface area is 127 Å². The summed E-state index contributed by atoms with van der Waals surface area (Å²) in [6.45, 7) is 5.22. The molecular formula is C17H26N2O2. The zero-order chi connectivity index (χ0) is 15.5. The van der Waals surface area contributed by atoms with Crippen molar-refractivity contribution in [2.45, 2.75) is 46.1 Å².